The molecule has 0 bridgehead atoms. The molecule has 3 N–H and O–H groups in total. The van der Waals surface area contributed by atoms with Gasteiger partial charge in [0.15, 0.2) is 5.96 Å². The third-order valence-electron chi connectivity index (χ3n) is 4.43. The fraction of sp³-hybridized carbons (Fsp3) is 0.765. The number of ether oxygens (including phenoxy) is 1. The molecule has 2 unspecified atom stereocenters. The van der Waals surface area contributed by atoms with Gasteiger partial charge >= 0.3 is 0 Å². The van der Waals surface area contributed by atoms with E-state index in [0.717, 1.165) is 36.8 Å². The predicted molar refractivity (Wildman–Crippen MR) is 109 cm³/mol. The number of aliphatic imine (C=N–C) groups is 1. The van der Waals surface area contributed by atoms with Gasteiger partial charge in [-0.05, 0) is 25.2 Å². The Labute approximate surface area is 162 Å². The minimum atomic E-state index is 0. The fourth-order valence-corrected chi connectivity index (χ4v) is 3.19. The van der Waals surface area contributed by atoms with Crippen LogP contribution in [0.1, 0.15) is 44.9 Å². The molecule has 7 heteroatoms. The van der Waals surface area contributed by atoms with Gasteiger partial charge in [0.25, 0.3) is 0 Å². The summed E-state index contributed by atoms with van der Waals surface area (Å²) in [7, 11) is 1.80. The zero-order valence-electron chi connectivity index (χ0n) is 15.5. The zero-order chi connectivity index (χ0) is 16.9. The molecule has 1 aromatic rings. The number of halogens is 1. The molecule has 24 heavy (non-hydrogen) atoms. The van der Waals surface area contributed by atoms with Crippen LogP contribution in [0.5, 0.6) is 0 Å². The van der Waals surface area contributed by atoms with Crippen LogP contribution in [0.25, 0.3) is 0 Å². The molecule has 0 aromatic carbocycles. The number of hydrogen-bond acceptors (Lipinski definition) is 3. The van der Waals surface area contributed by atoms with Gasteiger partial charge in [-0.2, -0.15) is 5.10 Å². The number of nitrogens with zero attached hydrogens (tertiary/aromatic N) is 2. The van der Waals surface area contributed by atoms with Crippen LogP contribution in [-0.4, -0.2) is 42.5 Å². The summed E-state index contributed by atoms with van der Waals surface area (Å²) in [5, 5.41) is 13.8. The minimum absolute atomic E-state index is 0. The largest absolute Gasteiger partial charge is 0.377 e. The predicted octanol–water partition coefficient (Wildman–Crippen LogP) is 2.84. The lowest BCUT2D eigenvalue weighted by molar-refractivity contribution is -0.0835. The molecule has 1 aliphatic rings. The summed E-state index contributed by atoms with van der Waals surface area (Å²) in [5.74, 6) is 1.33. The number of rotatable bonds is 4. The number of aromatic nitrogens is 2. The number of aryl methyl sites for hydroxylation is 1. The highest BCUT2D eigenvalue weighted by atomic mass is 127. The molecule has 0 amide bonds. The van der Waals surface area contributed by atoms with E-state index < -0.39 is 0 Å². The number of H-pyrrole nitrogens is 1. The van der Waals surface area contributed by atoms with Crippen LogP contribution >= 0.6 is 24.0 Å². The number of aromatic amines is 1. The molecular formula is C17H32IN5O. The average molecular weight is 449 g/mol. The third kappa shape index (κ3) is 5.91. The summed E-state index contributed by atoms with van der Waals surface area (Å²) < 4.78 is 6.04. The highest BCUT2D eigenvalue weighted by Gasteiger charge is 2.35. The Kier molecular flexibility index (Phi) is 8.49. The van der Waals surface area contributed by atoms with Gasteiger partial charge in [0.2, 0.25) is 0 Å². The van der Waals surface area contributed by atoms with Crippen molar-refractivity contribution in [2.75, 3.05) is 20.2 Å². The summed E-state index contributed by atoms with van der Waals surface area (Å²) in [5.41, 5.74) is 2.40. The Morgan fingerprint density at radius 3 is 2.75 bits per heavy atom. The maximum atomic E-state index is 6.04. The molecule has 2 atom stereocenters. The van der Waals surface area contributed by atoms with E-state index in [1.165, 1.54) is 6.42 Å². The summed E-state index contributed by atoms with van der Waals surface area (Å²) in [4.78, 5) is 4.31. The lowest BCUT2D eigenvalue weighted by Crippen LogP contribution is -2.47. The van der Waals surface area contributed by atoms with Crippen molar-refractivity contribution in [2.24, 2.45) is 16.3 Å². The maximum Gasteiger partial charge on any atom is 0.191 e. The molecular weight excluding hydrogens is 417 g/mol. The van der Waals surface area contributed by atoms with Crippen LogP contribution in [0.3, 0.4) is 0 Å². The van der Waals surface area contributed by atoms with Crippen molar-refractivity contribution in [3.63, 3.8) is 0 Å². The van der Waals surface area contributed by atoms with Crippen molar-refractivity contribution in [1.82, 2.24) is 20.8 Å². The molecule has 1 aliphatic heterocycles. The topological polar surface area (TPSA) is 74.3 Å². The maximum absolute atomic E-state index is 6.04. The molecule has 138 valence electrons. The highest BCUT2D eigenvalue weighted by molar-refractivity contribution is 14.0. The van der Waals surface area contributed by atoms with Crippen molar-refractivity contribution in [3.05, 3.63) is 17.5 Å². The Morgan fingerprint density at radius 2 is 2.17 bits per heavy atom. The van der Waals surface area contributed by atoms with Crippen molar-refractivity contribution in [3.8, 4) is 0 Å². The average Bonchev–Trinajstić information content (AvgIpc) is 2.92. The fourth-order valence-electron chi connectivity index (χ4n) is 3.19. The van der Waals surface area contributed by atoms with Crippen LogP contribution in [0.15, 0.2) is 11.2 Å². The van der Waals surface area contributed by atoms with E-state index in [2.05, 4.69) is 46.6 Å². The van der Waals surface area contributed by atoms with E-state index in [1.54, 1.807) is 7.05 Å². The molecule has 1 saturated heterocycles. The van der Waals surface area contributed by atoms with Crippen LogP contribution in [0, 0.1) is 18.3 Å². The van der Waals surface area contributed by atoms with Crippen molar-refractivity contribution in [2.45, 2.75) is 53.2 Å². The van der Waals surface area contributed by atoms with Gasteiger partial charge in [-0.25, -0.2) is 0 Å². The molecule has 0 spiro atoms. The summed E-state index contributed by atoms with van der Waals surface area (Å²) in [6.07, 6.45) is 4.48. The van der Waals surface area contributed by atoms with Crippen molar-refractivity contribution in [1.29, 1.82) is 0 Å². The first-order valence-electron chi connectivity index (χ1n) is 8.46. The van der Waals surface area contributed by atoms with Gasteiger partial charge < -0.3 is 15.4 Å². The molecule has 1 aromatic heterocycles. The van der Waals surface area contributed by atoms with E-state index in [-0.39, 0.29) is 35.5 Å². The lowest BCUT2D eigenvalue weighted by Gasteiger charge is -2.40. The third-order valence-corrected chi connectivity index (χ3v) is 4.43. The summed E-state index contributed by atoms with van der Waals surface area (Å²) >= 11 is 0. The Bertz CT molecular complexity index is 523. The van der Waals surface area contributed by atoms with Gasteiger partial charge in [-0.15, -0.1) is 24.0 Å². The molecule has 1 fully saturated rings. The van der Waals surface area contributed by atoms with E-state index in [4.69, 9.17) is 4.74 Å². The van der Waals surface area contributed by atoms with E-state index in [0.29, 0.717) is 12.5 Å². The molecule has 0 saturated carbocycles. The summed E-state index contributed by atoms with van der Waals surface area (Å²) in [6.45, 7) is 11.3. The van der Waals surface area contributed by atoms with Crippen LogP contribution in [-0.2, 0) is 11.3 Å². The van der Waals surface area contributed by atoms with E-state index >= 15 is 0 Å². The summed E-state index contributed by atoms with van der Waals surface area (Å²) in [6, 6.07) is 0. The molecule has 2 rings (SSSR count). The molecule has 0 aliphatic carbocycles. The first-order valence-corrected chi connectivity index (χ1v) is 8.46. The van der Waals surface area contributed by atoms with Crippen molar-refractivity contribution < 1.29 is 4.74 Å². The number of hydrogen-bond donors (Lipinski definition) is 3. The zero-order valence-corrected chi connectivity index (χ0v) is 17.8. The first-order chi connectivity index (χ1) is 10.9. The van der Waals surface area contributed by atoms with Gasteiger partial charge in [0.05, 0.1) is 12.3 Å². The van der Waals surface area contributed by atoms with E-state index in [9.17, 15) is 0 Å². The van der Waals surface area contributed by atoms with Crippen LogP contribution in [0.2, 0.25) is 0 Å². The molecule has 6 nitrogen and oxygen atoms in total. The minimum Gasteiger partial charge on any atom is -0.377 e. The number of guanidine groups is 1. The SMILES string of the molecule is CN=C(NCc1cn[nH]c1C)NCC1CCCOC1C(C)(C)C.I. The van der Waals surface area contributed by atoms with Crippen LogP contribution in [0.4, 0.5) is 0 Å². The second-order valence-electron chi connectivity index (χ2n) is 7.39. The lowest BCUT2D eigenvalue weighted by atomic mass is 9.78. The Morgan fingerprint density at radius 1 is 1.42 bits per heavy atom. The normalized spacial score (nSPS) is 22.0. The second kappa shape index (κ2) is 9.60. The Balaban J connectivity index is 0.00000288. The Hall–Kier alpha value is -0.830. The highest BCUT2D eigenvalue weighted by Crippen LogP contribution is 2.33. The first kappa shape index (κ1) is 21.2. The van der Waals surface area contributed by atoms with Gasteiger partial charge in [0.1, 0.15) is 0 Å². The second-order valence-corrected chi connectivity index (χ2v) is 7.39. The number of nitrogens with one attached hydrogen (secondary N) is 3. The smallest absolute Gasteiger partial charge is 0.191 e. The molecule has 0 radical (unpaired) electrons. The quantitative estimate of drug-likeness (QED) is 0.376. The standard InChI is InChI=1S/C17H31N5O.HI/c1-12-14(11-21-22-12)10-20-16(18-5)19-9-13-7-6-8-23-15(13)17(2,3)4;/h11,13,15H,6-10H2,1-5H3,(H,21,22)(H2,18,19,20);1H. The monoisotopic (exact) mass is 449 g/mol. The van der Waals surface area contributed by atoms with Gasteiger partial charge in [-0.3, -0.25) is 10.1 Å². The van der Waals surface area contributed by atoms with Crippen LogP contribution < -0.4 is 10.6 Å². The van der Waals surface area contributed by atoms with E-state index in [1.807, 2.05) is 13.1 Å². The van der Waals surface area contributed by atoms with Gasteiger partial charge in [0, 0.05) is 43.9 Å². The molecule has 2 heterocycles. The van der Waals surface area contributed by atoms with Gasteiger partial charge in [-0.1, -0.05) is 20.8 Å². The van der Waals surface area contributed by atoms with Crippen molar-refractivity contribution >= 4 is 29.9 Å².